The lowest BCUT2D eigenvalue weighted by atomic mass is 10.1. The first-order chi connectivity index (χ1) is 12.9. The van der Waals surface area contributed by atoms with Crippen molar-refractivity contribution in [3.63, 3.8) is 0 Å². The molecule has 0 aliphatic carbocycles. The van der Waals surface area contributed by atoms with Gasteiger partial charge in [0.05, 0.1) is 0 Å². The number of anilines is 1. The minimum atomic E-state index is -3.65. The quantitative estimate of drug-likeness (QED) is 0.746. The molecule has 2 aromatic rings. The van der Waals surface area contributed by atoms with Crippen LogP contribution < -0.4 is 10.6 Å². The van der Waals surface area contributed by atoms with Crippen LogP contribution in [0.3, 0.4) is 0 Å². The van der Waals surface area contributed by atoms with Crippen molar-refractivity contribution in [2.75, 3.05) is 11.9 Å². The molecule has 2 aromatic carbocycles. The van der Waals surface area contributed by atoms with Gasteiger partial charge in [0.25, 0.3) is 15.9 Å². The minimum Gasteiger partial charge on any atom is -0.352 e. The number of nitrogens with one attached hydrogen (secondary N) is 2. The number of carbonyl (C=O) groups excluding carboxylic acids is 1. The Morgan fingerprint density at radius 3 is 2.48 bits per heavy atom. The second-order valence-electron chi connectivity index (χ2n) is 6.91. The third-order valence-electron chi connectivity index (χ3n) is 4.29. The normalized spacial score (nSPS) is 14.6. The Bertz CT molecular complexity index is 964. The maximum Gasteiger partial charge on any atom is 0.285 e. The van der Waals surface area contributed by atoms with Crippen LogP contribution in [0.4, 0.5) is 5.69 Å². The van der Waals surface area contributed by atoms with Crippen molar-refractivity contribution < 1.29 is 13.2 Å². The maximum atomic E-state index is 12.2. The molecule has 0 saturated heterocycles. The van der Waals surface area contributed by atoms with Gasteiger partial charge in [-0.3, -0.25) is 4.79 Å². The number of hydrogen-bond donors (Lipinski definition) is 2. The maximum absolute atomic E-state index is 12.2. The number of sulfonamides is 1. The zero-order chi connectivity index (χ0) is 19.4. The van der Waals surface area contributed by atoms with Gasteiger partial charge in [-0.15, -0.1) is 4.40 Å². The first-order valence-corrected chi connectivity index (χ1v) is 10.4. The van der Waals surface area contributed by atoms with Crippen LogP contribution in [0.15, 0.2) is 57.8 Å². The standard InChI is InChI=1S/C20H23N3O3S/c1-14(2)6-5-13-21-20(24)15-9-11-16(12-10-15)22-19-17-7-3-4-8-18(17)27(25,26)23-19/h3-4,7-12,14H,5-6,13H2,1-2H3,(H,21,24)(H,22,23). The number of amidine groups is 1. The molecule has 6 nitrogen and oxygen atoms in total. The number of fused-ring (bicyclic) bond motifs is 1. The number of benzene rings is 2. The largest absolute Gasteiger partial charge is 0.352 e. The van der Waals surface area contributed by atoms with Crippen LogP contribution >= 0.6 is 0 Å². The van der Waals surface area contributed by atoms with Gasteiger partial charge in [0.15, 0.2) is 5.84 Å². The van der Waals surface area contributed by atoms with Gasteiger partial charge in [0.1, 0.15) is 4.90 Å². The van der Waals surface area contributed by atoms with E-state index in [4.69, 9.17) is 0 Å². The summed E-state index contributed by atoms with van der Waals surface area (Å²) in [6.45, 7) is 4.97. The van der Waals surface area contributed by atoms with Gasteiger partial charge in [-0.25, -0.2) is 0 Å². The van der Waals surface area contributed by atoms with E-state index < -0.39 is 10.0 Å². The predicted molar refractivity (Wildman–Crippen MR) is 107 cm³/mol. The lowest BCUT2D eigenvalue weighted by Crippen LogP contribution is -2.24. The zero-order valence-electron chi connectivity index (χ0n) is 15.4. The van der Waals surface area contributed by atoms with Crippen molar-refractivity contribution in [3.8, 4) is 0 Å². The Morgan fingerprint density at radius 2 is 1.78 bits per heavy atom. The minimum absolute atomic E-state index is 0.114. The number of nitrogens with zero attached hydrogens (tertiary/aromatic N) is 1. The van der Waals surface area contributed by atoms with Crippen molar-refractivity contribution in [1.82, 2.24) is 5.32 Å². The Balaban J connectivity index is 1.64. The monoisotopic (exact) mass is 385 g/mol. The van der Waals surface area contributed by atoms with E-state index in [1.165, 1.54) is 6.07 Å². The summed E-state index contributed by atoms with van der Waals surface area (Å²) in [4.78, 5) is 12.4. The summed E-state index contributed by atoms with van der Waals surface area (Å²) in [5.74, 6) is 0.799. The van der Waals surface area contributed by atoms with Crippen LogP contribution in [-0.2, 0) is 10.0 Å². The highest BCUT2D eigenvalue weighted by atomic mass is 32.2. The molecule has 0 unspecified atom stereocenters. The first-order valence-electron chi connectivity index (χ1n) is 8.96. The number of carbonyl (C=O) groups is 1. The molecule has 0 fully saturated rings. The van der Waals surface area contributed by atoms with E-state index in [-0.39, 0.29) is 16.6 Å². The number of amides is 1. The summed E-state index contributed by atoms with van der Waals surface area (Å²) in [5, 5.41) is 5.93. The number of hydrogen-bond acceptors (Lipinski definition) is 4. The summed E-state index contributed by atoms with van der Waals surface area (Å²) >= 11 is 0. The van der Waals surface area contributed by atoms with Crippen LogP contribution in [0.1, 0.15) is 42.6 Å². The van der Waals surface area contributed by atoms with Crippen molar-refractivity contribution in [3.05, 3.63) is 59.7 Å². The lowest BCUT2D eigenvalue weighted by molar-refractivity contribution is 0.0952. The molecule has 0 atom stereocenters. The van der Waals surface area contributed by atoms with Gasteiger partial charge < -0.3 is 10.6 Å². The molecule has 7 heteroatoms. The van der Waals surface area contributed by atoms with E-state index in [2.05, 4.69) is 28.9 Å². The van der Waals surface area contributed by atoms with E-state index in [0.29, 0.717) is 29.3 Å². The van der Waals surface area contributed by atoms with Crippen LogP contribution in [-0.4, -0.2) is 26.7 Å². The molecule has 142 valence electrons. The van der Waals surface area contributed by atoms with Gasteiger partial charge in [-0.2, -0.15) is 8.42 Å². The predicted octanol–water partition coefficient (Wildman–Crippen LogP) is 3.41. The van der Waals surface area contributed by atoms with Gasteiger partial charge in [0, 0.05) is 23.4 Å². The van der Waals surface area contributed by atoms with Crippen molar-refractivity contribution >= 4 is 27.5 Å². The molecule has 0 saturated carbocycles. The Morgan fingerprint density at radius 1 is 1.07 bits per heavy atom. The van der Waals surface area contributed by atoms with Crippen LogP contribution in [0.25, 0.3) is 0 Å². The summed E-state index contributed by atoms with van der Waals surface area (Å²) in [5.41, 5.74) is 1.77. The first kappa shape index (κ1) is 19.1. The molecule has 1 aliphatic heterocycles. The van der Waals surface area contributed by atoms with Crippen LogP contribution in [0.2, 0.25) is 0 Å². The van der Waals surface area contributed by atoms with Crippen LogP contribution in [0, 0.1) is 5.92 Å². The molecular formula is C20H23N3O3S. The van der Waals surface area contributed by atoms with Crippen molar-refractivity contribution in [2.45, 2.75) is 31.6 Å². The molecule has 0 spiro atoms. The van der Waals surface area contributed by atoms with E-state index in [0.717, 1.165) is 12.8 Å². The summed E-state index contributed by atoms with van der Waals surface area (Å²) in [7, 11) is -3.65. The zero-order valence-corrected chi connectivity index (χ0v) is 16.2. The molecule has 27 heavy (non-hydrogen) atoms. The van der Waals surface area contributed by atoms with E-state index in [1.54, 1.807) is 42.5 Å². The van der Waals surface area contributed by atoms with Gasteiger partial charge >= 0.3 is 0 Å². The molecule has 1 aliphatic rings. The fourth-order valence-corrected chi connectivity index (χ4v) is 4.03. The fourth-order valence-electron chi connectivity index (χ4n) is 2.85. The average molecular weight is 385 g/mol. The molecule has 0 radical (unpaired) electrons. The third-order valence-corrected chi connectivity index (χ3v) is 5.62. The molecule has 1 amide bonds. The van der Waals surface area contributed by atoms with Crippen molar-refractivity contribution in [1.29, 1.82) is 0 Å². The Hall–Kier alpha value is -2.67. The van der Waals surface area contributed by atoms with Crippen molar-refractivity contribution in [2.24, 2.45) is 10.3 Å². The molecule has 3 rings (SSSR count). The van der Waals surface area contributed by atoms with Gasteiger partial charge in [-0.05, 0) is 55.2 Å². The van der Waals surface area contributed by atoms with E-state index in [1.807, 2.05) is 0 Å². The lowest BCUT2D eigenvalue weighted by Gasteiger charge is -2.09. The second-order valence-corrected chi connectivity index (χ2v) is 8.48. The molecule has 0 bridgehead atoms. The van der Waals surface area contributed by atoms with Crippen LogP contribution in [0.5, 0.6) is 0 Å². The SMILES string of the molecule is CC(C)CCCNC(=O)c1ccc(NC2=NS(=O)(=O)c3ccccc32)cc1. The average Bonchev–Trinajstić information content (AvgIpc) is 2.90. The molecule has 0 aromatic heterocycles. The smallest absolute Gasteiger partial charge is 0.285 e. The highest BCUT2D eigenvalue weighted by Crippen LogP contribution is 2.26. The Labute approximate surface area is 159 Å². The molecule has 2 N–H and O–H groups in total. The highest BCUT2D eigenvalue weighted by molar-refractivity contribution is 7.90. The second kappa shape index (κ2) is 7.92. The summed E-state index contributed by atoms with van der Waals surface area (Å²) < 4.78 is 28.0. The Kier molecular flexibility index (Phi) is 5.60. The third kappa shape index (κ3) is 4.54. The topological polar surface area (TPSA) is 87.6 Å². The van der Waals surface area contributed by atoms with E-state index in [9.17, 15) is 13.2 Å². The summed E-state index contributed by atoms with van der Waals surface area (Å²) in [6.07, 6.45) is 2.03. The fraction of sp³-hybridized carbons (Fsp3) is 0.300. The van der Waals surface area contributed by atoms with Gasteiger partial charge in [-0.1, -0.05) is 26.0 Å². The molecular weight excluding hydrogens is 362 g/mol. The highest BCUT2D eigenvalue weighted by Gasteiger charge is 2.28. The number of rotatable bonds is 6. The summed E-state index contributed by atoms with van der Waals surface area (Å²) in [6, 6.07) is 13.6. The van der Waals surface area contributed by atoms with E-state index >= 15 is 0 Å². The van der Waals surface area contributed by atoms with Gasteiger partial charge in [0.2, 0.25) is 0 Å². The molecule has 1 heterocycles.